The van der Waals surface area contributed by atoms with E-state index in [9.17, 15) is 53.9 Å². The highest BCUT2D eigenvalue weighted by molar-refractivity contribution is 8.08. The Bertz CT molecular complexity index is 1340. The van der Waals surface area contributed by atoms with Crippen molar-refractivity contribution in [1.29, 1.82) is 0 Å². The van der Waals surface area contributed by atoms with Crippen LogP contribution in [0, 0.1) is 0 Å². The van der Waals surface area contributed by atoms with Crippen LogP contribution in [0.15, 0.2) is 34.5 Å². The number of rotatable bonds is 11. The summed E-state index contributed by atoms with van der Waals surface area (Å²) in [7, 11) is -5.70. The van der Waals surface area contributed by atoms with Gasteiger partial charge in [-0.25, -0.2) is 22.5 Å². The Morgan fingerprint density at radius 1 is 1.24 bits per heavy atom. The van der Waals surface area contributed by atoms with Gasteiger partial charge in [-0.3, -0.25) is 18.9 Å². The maximum atomic E-state index is 15.6. The summed E-state index contributed by atoms with van der Waals surface area (Å²) in [6.45, 7) is -4.68. The molecule has 18 nitrogen and oxygen atoms in total. The topological polar surface area (TPSA) is 280 Å². The standard InChI is InChI=1S/C18H26F2N2O16P2S/c1-2-17(30)14(28)18(20,36-15(17)22-4-3-8(24)21-16(22)29)6-34-40(33,41)38-39(31,32)37-13-11(27)9(25)10(26)12(35-13)7(19)5-23/h2-4,7,9-15,23,25-28,30H,1,5-6H2,(H,31,32)(H,33,41)(H,21,24,29)/t7-,9?,10?,11?,12?,13?,14-,15+,17+,18+,40?/m0/s1. The van der Waals surface area contributed by atoms with E-state index in [1.807, 2.05) is 4.98 Å². The van der Waals surface area contributed by atoms with Crippen molar-refractivity contribution >= 4 is 26.3 Å². The van der Waals surface area contributed by atoms with Gasteiger partial charge in [-0.2, -0.15) is 0 Å². The van der Waals surface area contributed by atoms with E-state index in [1.54, 1.807) is 0 Å². The number of hydrogen-bond donors (Lipinski definition) is 9. The van der Waals surface area contributed by atoms with Crippen molar-refractivity contribution in [3.05, 3.63) is 45.8 Å². The molecule has 1 aromatic heterocycles. The SMILES string of the molecule is C=C[C@]1(O)[C@H](n2ccc(=O)[nH]c2=O)O[C@](F)(COP(O)(=S)OP(=O)(O)OC2OC([C@@H](F)CO)C(O)C(O)C2O)[C@H]1O. The quantitative estimate of drug-likeness (QED) is 0.0824. The molecule has 234 valence electrons. The largest absolute Gasteiger partial charge is 0.481 e. The van der Waals surface area contributed by atoms with Gasteiger partial charge in [0, 0.05) is 12.3 Å². The second-order valence-electron chi connectivity index (χ2n) is 8.80. The van der Waals surface area contributed by atoms with Gasteiger partial charge in [-0.1, -0.05) is 12.7 Å². The third-order valence-electron chi connectivity index (χ3n) is 5.99. The molecular formula is C18H26F2N2O16P2S. The second-order valence-corrected chi connectivity index (χ2v) is 13.2. The first-order valence-corrected chi connectivity index (χ1v) is 15.3. The molecule has 0 aromatic carbocycles. The Kier molecular flexibility index (Phi) is 10.3. The molecule has 0 aliphatic carbocycles. The molecule has 9 N–H and O–H groups in total. The summed E-state index contributed by atoms with van der Waals surface area (Å²) < 4.78 is 65.6. The summed E-state index contributed by atoms with van der Waals surface area (Å²) in [5.41, 5.74) is -4.81. The van der Waals surface area contributed by atoms with Crippen LogP contribution < -0.4 is 11.2 Å². The number of aromatic nitrogens is 2. The van der Waals surface area contributed by atoms with Gasteiger partial charge in [0.1, 0.15) is 31.0 Å². The molecule has 0 saturated carbocycles. The molecule has 0 amide bonds. The molecule has 3 rings (SSSR count). The number of nitrogens with one attached hydrogen (secondary N) is 1. The lowest BCUT2D eigenvalue weighted by atomic mass is 9.93. The number of halogens is 2. The summed E-state index contributed by atoms with van der Waals surface area (Å²) in [6.07, 6.45) is -16.7. The molecule has 1 aromatic rings. The van der Waals surface area contributed by atoms with Crippen LogP contribution in [0.5, 0.6) is 0 Å². The Balaban J connectivity index is 1.74. The van der Waals surface area contributed by atoms with Crippen molar-refractivity contribution in [3.63, 3.8) is 0 Å². The van der Waals surface area contributed by atoms with Gasteiger partial charge < -0.3 is 54.4 Å². The van der Waals surface area contributed by atoms with Crippen LogP contribution in [0.25, 0.3) is 0 Å². The van der Waals surface area contributed by atoms with Crippen molar-refractivity contribution in [2.75, 3.05) is 13.2 Å². The van der Waals surface area contributed by atoms with E-state index in [2.05, 4.69) is 31.7 Å². The van der Waals surface area contributed by atoms with Gasteiger partial charge >= 0.3 is 20.2 Å². The smallest absolute Gasteiger partial charge is 0.393 e. The molecule has 7 unspecified atom stereocenters. The molecule has 3 heterocycles. The number of phosphoric ester groups is 1. The molecule has 0 radical (unpaired) electrons. The zero-order valence-corrected chi connectivity index (χ0v) is 22.9. The summed E-state index contributed by atoms with van der Waals surface area (Å²) in [5.74, 6) is -3.52. The van der Waals surface area contributed by atoms with E-state index in [1.165, 1.54) is 0 Å². The van der Waals surface area contributed by atoms with Crippen molar-refractivity contribution in [2.24, 2.45) is 0 Å². The molecule has 12 atom stereocenters. The van der Waals surface area contributed by atoms with Crippen LogP contribution >= 0.6 is 14.5 Å². The second kappa shape index (κ2) is 12.3. The van der Waals surface area contributed by atoms with E-state index >= 15 is 4.39 Å². The number of aromatic amines is 1. The highest BCUT2D eigenvalue weighted by Crippen LogP contribution is 2.62. The number of nitrogens with zero attached hydrogens (tertiary/aromatic N) is 1. The van der Waals surface area contributed by atoms with E-state index < -0.39 is 99.7 Å². The molecule has 41 heavy (non-hydrogen) atoms. The zero-order chi connectivity index (χ0) is 31.1. The molecule has 2 fully saturated rings. The van der Waals surface area contributed by atoms with Crippen LogP contribution in [0.2, 0.25) is 0 Å². The number of ether oxygens (including phenoxy) is 2. The Labute approximate surface area is 232 Å². The summed E-state index contributed by atoms with van der Waals surface area (Å²) in [5, 5.41) is 59.8. The first-order valence-electron chi connectivity index (χ1n) is 11.2. The normalized spacial score (nSPS) is 39.5. The van der Waals surface area contributed by atoms with E-state index in [4.69, 9.17) is 14.6 Å². The fourth-order valence-electron chi connectivity index (χ4n) is 3.88. The molecular weight excluding hydrogens is 632 g/mol. The summed E-state index contributed by atoms with van der Waals surface area (Å²) in [4.78, 5) is 45.5. The van der Waals surface area contributed by atoms with Crippen molar-refractivity contribution in [3.8, 4) is 0 Å². The number of aliphatic hydroxyl groups is 6. The highest BCUT2D eigenvalue weighted by Gasteiger charge is 2.64. The Morgan fingerprint density at radius 2 is 1.88 bits per heavy atom. The Hall–Kier alpha value is -1.36. The van der Waals surface area contributed by atoms with Crippen LogP contribution in [0.3, 0.4) is 0 Å². The number of H-pyrrole nitrogens is 1. The predicted octanol–water partition coefficient (Wildman–Crippen LogP) is -3.49. The molecule has 2 aliphatic rings. The van der Waals surface area contributed by atoms with Crippen LogP contribution in [-0.4, -0.2) is 118 Å². The van der Waals surface area contributed by atoms with Crippen molar-refractivity contribution in [1.82, 2.24) is 9.55 Å². The van der Waals surface area contributed by atoms with Gasteiger partial charge in [0.2, 0.25) is 0 Å². The third-order valence-corrected chi connectivity index (χ3v) is 9.48. The van der Waals surface area contributed by atoms with Crippen molar-refractivity contribution in [2.45, 2.75) is 60.7 Å². The van der Waals surface area contributed by atoms with Gasteiger partial charge in [0.05, 0.1) is 6.61 Å². The number of alkyl halides is 2. The molecule has 23 heteroatoms. The van der Waals surface area contributed by atoms with Crippen LogP contribution in [0.4, 0.5) is 8.78 Å². The number of phosphoric acid groups is 1. The lowest BCUT2D eigenvalue weighted by Gasteiger charge is -2.41. The van der Waals surface area contributed by atoms with Crippen molar-refractivity contribution < 1.29 is 76.6 Å². The van der Waals surface area contributed by atoms with Crippen LogP contribution in [0.1, 0.15) is 6.23 Å². The summed E-state index contributed by atoms with van der Waals surface area (Å²) >= 11 is 4.52. The predicted molar refractivity (Wildman–Crippen MR) is 130 cm³/mol. The van der Waals surface area contributed by atoms with Gasteiger partial charge in [0.25, 0.3) is 11.4 Å². The fourth-order valence-corrected chi connectivity index (χ4v) is 6.96. The zero-order valence-electron chi connectivity index (χ0n) is 20.3. The number of hydrogen-bond acceptors (Lipinski definition) is 15. The van der Waals surface area contributed by atoms with Gasteiger partial charge in [-0.15, -0.1) is 0 Å². The summed E-state index contributed by atoms with van der Waals surface area (Å²) in [6, 6.07) is 0.807. The molecule has 0 spiro atoms. The minimum absolute atomic E-state index is 0.488. The highest BCUT2D eigenvalue weighted by atomic mass is 32.5. The lowest BCUT2D eigenvalue weighted by molar-refractivity contribution is -0.287. The molecule has 2 aliphatic heterocycles. The minimum atomic E-state index is -5.70. The maximum Gasteiger partial charge on any atom is 0.481 e. The van der Waals surface area contributed by atoms with E-state index in [0.29, 0.717) is 10.6 Å². The van der Waals surface area contributed by atoms with Crippen LogP contribution in [-0.2, 0) is 39.2 Å². The minimum Gasteiger partial charge on any atom is -0.393 e. The average molecular weight is 658 g/mol. The third kappa shape index (κ3) is 7.07. The Morgan fingerprint density at radius 3 is 2.44 bits per heavy atom. The molecule has 0 bridgehead atoms. The van der Waals surface area contributed by atoms with E-state index in [0.717, 1.165) is 12.3 Å². The first-order chi connectivity index (χ1) is 18.8. The monoisotopic (exact) mass is 658 g/mol. The fraction of sp³-hybridized carbons (Fsp3) is 0.667. The average Bonchev–Trinajstić information content (AvgIpc) is 3.08. The molecule has 2 saturated heterocycles. The van der Waals surface area contributed by atoms with E-state index in [-0.39, 0.29) is 0 Å². The first kappa shape index (κ1) is 34.1. The maximum absolute atomic E-state index is 15.6. The van der Waals surface area contributed by atoms with Gasteiger partial charge in [-0.05, 0) is 11.8 Å². The lowest BCUT2D eigenvalue weighted by Crippen LogP contribution is -2.60. The number of aliphatic hydroxyl groups excluding tert-OH is 5. The van der Waals surface area contributed by atoms with Gasteiger partial charge in [0.15, 0.2) is 30.4 Å².